The second-order valence-electron chi connectivity index (χ2n) is 4.78. The number of primary sulfonamides is 1. The van der Waals surface area contributed by atoms with Crippen LogP contribution in [0.4, 0.5) is 0 Å². The van der Waals surface area contributed by atoms with Gasteiger partial charge in [0.2, 0.25) is 10.0 Å². The Morgan fingerprint density at radius 2 is 2.10 bits per heavy atom. The van der Waals surface area contributed by atoms with Crippen LogP contribution in [-0.4, -0.2) is 25.8 Å². The van der Waals surface area contributed by atoms with E-state index in [0.717, 1.165) is 10.9 Å². The standard InChI is InChI=1S/C14H18N2O3S/c1-2-11(10-20(15,17)18)9-19-13-7-12-5-3-4-6-14(12)16-8-13/h3-8,11H,2,9-10H2,1H3,(H2,15,17,18). The molecule has 0 aliphatic carbocycles. The molecule has 2 rings (SSSR count). The zero-order chi connectivity index (χ0) is 14.6. The van der Waals surface area contributed by atoms with Gasteiger partial charge in [-0.15, -0.1) is 0 Å². The predicted molar refractivity (Wildman–Crippen MR) is 79.0 cm³/mol. The van der Waals surface area contributed by atoms with Gasteiger partial charge in [0.05, 0.1) is 24.1 Å². The van der Waals surface area contributed by atoms with Crippen molar-refractivity contribution >= 4 is 20.9 Å². The number of para-hydroxylation sites is 1. The van der Waals surface area contributed by atoms with Crippen molar-refractivity contribution < 1.29 is 13.2 Å². The molecule has 1 unspecified atom stereocenters. The molecule has 0 spiro atoms. The highest BCUT2D eigenvalue weighted by Crippen LogP contribution is 2.19. The Balaban J connectivity index is 2.04. The first-order valence-electron chi connectivity index (χ1n) is 6.46. The molecule has 1 atom stereocenters. The first-order valence-corrected chi connectivity index (χ1v) is 8.17. The van der Waals surface area contributed by atoms with E-state index >= 15 is 0 Å². The van der Waals surface area contributed by atoms with E-state index in [9.17, 15) is 8.42 Å². The summed E-state index contributed by atoms with van der Waals surface area (Å²) < 4.78 is 27.8. The summed E-state index contributed by atoms with van der Waals surface area (Å²) >= 11 is 0. The van der Waals surface area contributed by atoms with Crippen LogP contribution in [0.2, 0.25) is 0 Å². The van der Waals surface area contributed by atoms with Crippen LogP contribution in [0.1, 0.15) is 13.3 Å². The molecule has 1 aromatic carbocycles. The van der Waals surface area contributed by atoms with Gasteiger partial charge < -0.3 is 4.74 Å². The third-order valence-corrected chi connectivity index (χ3v) is 4.03. The molecule has 0 amide bonds. The van der Waals surface area contributed by atoms with Gasteiger partial charge in [0, 0.05) is 11.3 Å². The smallest absolute Gasteiger partial charge is 0.209 e. The number of ether oxygens (including phenoxy) is 1. The van der Waals surface area contributed by atoms with Crippen LogP contribution in [0.15, 0.2) is 36.5 Å². The lowest BCUT2D eigenvalue weighted by Gasteiger charge is -2.14. The van der Waals surface area contributed by atoms with Crippen molar-refractivity contribution in [1.29, 1.82) is 0 Å². The number of sulfonamides is 1. The van der Waals surface area contributed by atoms with Crippen LogP contribution in [0.25, 0.3) is 10.9 Å². The number of rotatable bonds is 6. The Morgan fingerprint density at radius 1 is 1.35 bits per heavy atom. The van der Waals surface area contributed by atoms with Crippen molar-refractivity contribution in [2.24, 2.45) is 11.1 Å². The number of pyridine rings is 1. The largest absolute Gasteiger partial charge is 0.492 e. The van der Waals surface area contributed by atoms with Crippen molar-refractivity contribution in [3.63, 3.8) is 0 Å². The molecule has 0 aliphatic rings. The molecule has 2 aromatic rings. The second-order valence-corrected chi connectivity index (χ2v) is 6.44. The van der Waals surface area contributed by atoms with Gasteiger partial charge in [-0.25, -0.2) is 13.6 Å². The van der Waals surface area contributed by atoms with E-state index in [1.807, 2.05) is 37.3 Å². The lowest BCUT2D eigenvalue weighted by Crippen LogP contribution is -2.26. The molecule has 0 saturated heterocycles. The molecule has 20 heavy (non-hydrogen) atoms. The highest BCUT2D eigenvalue weighted by Gasteiger charge is 2.15. The van der Waals surface area contributed by atoms with E-state index in [1.54, 1.807) is 6.20 Å². The average Bonchev–Trinajstić information content (AvgIpc) is 2.42. The number of nitrogens with two attached hydrogens (primary N) is 1. The molecule has 1 aromatic heterocycles. The Kier molecular flexibility index (Phi) is 4.57. The normalized spacial score (nSPS) is 13.3. The van der Waals surface area contributed by atoms with Crippen molar-refractivity contribution in [2.45, 2.75) is 13.3 Å². The van der Waals surface area contributed by atoms with Crippen molar-refractivity contribution in [3.05, 3.63) is 36.5 Å². The number of aromatic nitrogens is 1. The lowest BCUT2D eigenvalue weighted by atomic mass is 10.1. The fourth-order valence-electron chi connectivity index (χ4n) is 1.96. The van der Waals surface area contributed by atoms with Gasteiger partial charge in [0.25, 0.3) is 0 Å². The van der Waals surface area contributed by atoms with Gasteiger partial charge >= 0.3 is 0 Å². The Morgan fingerprint density at radius 3 is 2.80 bits per heavy atom. The van der Waals surface area contributed by atoms with Gasteiger partial charge in [-0.2, -0.15) is 0 Å². The van der Waals surface area contributed by atoms with E-state index in [4.69, 9.17) is 9.88 Å². The minimum Gasteiger partial charge on any atom is -0.492 e. The molecule has 0 aliphatic heterocycles. The van der Waals surface area contributed by atoms with Crippen molar-refractivity contribution in [2.75, 3.05) is 12.4 Å². The summed E-state index contributed by atoms with van der Waals surface area (Å²) in [7, 11) is -3.47. The second kappa shape index (κ2) is 6.19. The number of nitrogens with zero attached hydrogens (tertiary/aromatic N) is 1. The van der Waals surface area contributed by atoms with Crippen molar-refractivity contribution in [1.82, 2.24) is 4.98 Å². The molecule has 1 heterocycles. The fraction of sp³-hybridized carbons (Fsp3) is 0.357. The summed E-state index contributed by atoms with van der Waals surface area (Å²) in [6, 6.07) is 9.64. The van der Waals surface area contributed by atoms with Crippen LogP contribution < -0.4 is 9.88 Å². The zero-order valence-corrected chi connectivity index (χ0v) is 12.1. The molecular formula is C14H18N2O3S. The highest BCUT2D eigenvalue weighted by atomic mass is 32.2. The summed E-state index contributed by atoms with van der Waals surface area (Å²) in [4.78, 5) is 4.29. The van der Waals surface area contributed by atoms with Crippen LogP contribution in [0.5, 0.6) is 5.75 Å². The lowest BCUT2D eigenvalue weighted by molar-refractivity contribution is 0.257. The molecule has 5 nitrogen and oxygen atoms in total. The Bertz CT molecular complexity index is 686. The van der Waals surface area contributed by atoms with Crippen LogP contribution in [0.3, 0.4) is 0 Å². The van der Waals surface area contributed by atoms with Gasteiger partial charge in [-0.3, -0.25) is 4.98 Å². The third kappa shape index (κ3) is 4.18. The molecule has 0 bridgehead atoms. The summed E-state index contributed by atoms with van der Waals surface area (Å²) in [6.45, 7) is 2.23. The number of hydrogen-bond acceptors (Lipinski definition) is 4. The highest BCUT2D eigenvalue weighted by molar-refractivity contribution is 7.89. The number of benzene rings is 1. The summed E-state index contributed by atoms with van der Waals surface area (Å²) in [5.41, 5.74) is 0.899. The maximum atomic E-state index is 11.1. The van der Waals surface area contributed by atoms with E-state index < -0.39 is 10.0 Å². The topological polar surface area (TPSA) is 82.3 Å². The molecule has 6 heteroatoms. The van der Waals surface area contributed by atoms with E-state index in [1.165, 1.54) is 0 Å². The molecule has 108 valence electrons. The van der Waals surface area contributed by atoms with E-state index in [0.29, 0.717) is 18.8 Å². The Labute approximate surface area is 118 Å². The van der Waals surface area contributed by atoms with Gasteiger partial charge in [0.1, 0.15) is 5.75 Å². The Hall–Kier alpha value is -1.66. The zero-order valence-electron chi connectivity index (χ0n) is 11.3. The monoisotopic (exact) mass is 294 g/mol. The van der Waals surface area contributed by atoms with Gasteiger partial charge in [0.15, 0.2) is 0 Å². The third-order valence-electron chi connectivity index (χ3n) is 3.10. The van der Waals surface area contributed by atoms with E-state index in [-0.39, 0.29) is 11.7 Å². The van der Waals surface area contributed by atoms with Gasteiger partial charge in [-0.05, 0) is 18.6 Å². The average molecular weight is 294 g/mol. The maximum absolute atomic E-state index is 11.1. The molecule has 0 fully saturated rings. The first kappa shape index (κ1) is 14.7. The molecule has 0 radical (unpaired) electrons. The van der Waals surface area contributed by atoms with Crippen molar-refractivity contribution in [3.8, 4) is 5.75 Å². The minimum atomic E-state index is -3.47. The van der Waals surface area contributed by atoms with Gasteiger partial charge in [-0.1, -0.05) is 25.1 Å². The number of hydrogen-bond donors (Lipinski definition) is 1. The van der Waals surface area contributed by atoms with Crippen LogP contribution >= 0.6 is 0 Å². The summed E-state index contributed by atoms with van der Waals surface area (Å²) in [5.74, 6) is 0.456. The summed E-state index contributed by atoms with van der Waals surface area (Å²) in [6.07, 6.45) is 2.34. The predicted octanol–water partition coefficient (Wildman–Crippen LogP) is 1.93. The van der Waals surface area contributed by atoms with Crippen LogP contribution in [0, 0.1) is 5.92 Å². The van der Waals surface area contributed by atoms with E-state index in [2.05, 4.69) is 4.98 Å². The maximum Gasteiger partial charge on any atom is 0.209 e. The quantitative estimate of drug-likeness (QED) is 0.882. The van der Waals surface area contributed by atoms with Crippen LogP contribution in [-0.2, 0) is 10.0 Å². The SMILES string of the molecule is CCC(COc1cnc2ccccc2c1)CS(N)(=O)=O. The first-order chi connectivity index (χ1) is 9.48. The molecular weight excluding hydrogens is 276 g/mol. The number of fused-ring (bicyclic) bond motifs is 1. The molecule has 0 saturated carbocycles. The molecule has 2 N–H and O–H groups in total. The minimum absolute atomic E-state index is 0.0650. The summed E-state index contributed by atoms with van der Waals surface area (Å²) in [5, 5.41) is 6.05. The fourth-order valence-corrected chi connectivity index (χ4v) is 2.95.